The molecule has 0 unspecified atom stereocenters. The molecule has 0 N–H and O–H groups in total. The Morgan fingerprint density at radius 2 is 2.12 bits per heavy atom. The van der Waals surface area contributed by atoms with Gasteiger partial charge in [0, 0.05) is 22.4 Å². The van der Waals surface area contributed by atoms with Crippen molar-refractivity contribution in [3.63, 3.8) is 0 Å². The van der Waals surface area contributed by atoms with Crippen molar-refractivity contribution in [1.29, 1.82) is 0 Å². The second-order valence-electron chi connectivity index (χ2n) is 3.08. The lowest BCUT2D eigenvalue weighted by Crippen LogP contribution is -1.99. The van der Waals surface area contributed by atoms with E-state index in [4.69, 9.17) is 10.7 Å². The lowest BCUT2D eigenvalue weighted by molar-refractivity contribution is 0.609. The molecule has 0 saturated heterocycles. The molecular formula is C8H7ClN4O2S. The van der Waals surface area contributed by atoms with Gasteiger partial charge in [0.1, 0.15) is 11.2 Å². The maximum absolute atomic E-state index is 11.0. The molecule has 0 saturated carbocycles. The fourth-order valence-corrected chi connectivity index (χ4v) is 1.76. The first-order chi connectivity index (χ1) is 7.47. The van der Waals surface area contributed by atoms with Gasteiger partial charge in [0.15, 0.2) is 5.82 Å². The quantitative estimate of drug-likeness (QED) is 0.748. The van der Waals surface area contributed by atoms with Crippen LogP contribution in [0.25, 0.3) is 5.82 Å². The largest absolute Gasteiger partial charge is 0.264 e. The van der Waals surface area contributed by atoms with Gasteiger partial charge >= 0.3 is 0 Å². The van der Waals surface area contributed by atoms with Gasteiger partial charge in [-0.1, -0.05) is 0 Å². The van der Waals surface area contributed by atoms with Gasteiger partial charge in [0.2, 0.25) is 0 Å². The van der Waals surface area contributed by atoms with Crippen LogP contribution in [0, 0.1) is 6.92 Å². The van der Waals surface area contributed by atoms with Gasteiger partial charge in [-0.2, -0.15) is 5.10 Å². The molecule has 0 aliphatic rings. The molecule has 0 amide bonds. The Morgan fingerprint density at radius 1 is 1.38 bits per heavy atom. The number of halogens is 1. The molecule has 2 aromatic heterocycles. The zero-order valence-electron chi connectivity index (χ0n) is 8.20. The smallest absolute Gasteiger partial charge is 0.242 e. The molecule has 2 aromatic rings. The molecule has 84 valence electrons. The van der Waals surface area contributed by atoms with Crippen molar-refractivity contribution in [2.75, 3.05) is 0 Å². The first kappa shape index (κ1) is 11.0. The van der Waals surface area contributed by atoms with E-state index in [0.717, 1.165) is 5.69 Å². The third-order valence-electron chi connectivity index (χ3n) is 1.86. The van der Waals surface area contributed by atoms with Crippen LogP contribution in [-0.2, 0) is 9.05 Å². The molecular weight excluding hydrogens is 252 g/mol. The number of rotatable bonds is 2. The zero-order valence-corrected chi connectivity index (χ0v) is 9.77. The van der Waals surface area contributed by atoms with Crippen LogP contribution >= 0.6 is 10.7 Å². The Labute approximate surface area is 96.3 Å². The molecule has 0 aliphatic carbocycles. The van der Waals surface area contributed by atoms with E-state index in [-0.39, 0.29) is 4.90 Å². The highest BCUT2D eigenvalue weighted by atomic mass is 35.7. The van der Waals surface area contributed by atoms with Crippen molar-refractivity contribution < 1.29 is 8.42 Å². The third-order valence-corrected chi connectivity index (χ3v) is 3.17. The summed E-state index contributed by atoms with van der Waals surface area (Å²) in [5, 5.41) is 3.86. The summed E-state index contributed by atoms with van der Waals surface area (Å²) in [5.74, 6) is 0.485. The number of aromatic nitrogens is 4. The molecule has 6 nitrogen and oxygen atoms in total. The third kappa shape index (κ3) is 2.20. The summed E-state index contributed by atoms with van der Waals surface area (Å²) in [6, 6.07) is 1.68. The summed E-state index contributed by atoms with van der Waals surface area (Å²) < 4.78 is 23.4. The standard InChI is InChI=1S/C8H7ClN4O2S/c1-6-2-8(11-5-10-6)13-4-7(3-12-13)16(9,14)15/h2-5H,1H3. The van der Waals surface area contributed by atoms with Gasteiger partial charge in [-0.25, -0.2) is 23.1 Å². The van der Waals surface area contributed by atoms with E-state index in [1.54, 1.807) is 13.0 Å². The average Bonchev–Trinajstić information content (AvgIpc) is 2.65. The fraction of sp³-hybridized carbons (Fsp3) is 0.125. The number of aryl methyl sites for hydroxylation is 1. The van der Waals surface area contributed by atoms with Crippen molar-refractivity contribution in [3.8, 4) is 5.82 Å². The molecule has 0 atom stereocenters. The minimum Gasteiger partial charge on any atom is -0.242 e. The van der Waals surface area contributed by atoms with Crippen LogP contribution in [0.4, 0.5) is 0 Å². The van der Waals surface area contributed by atoms with Gasteiger partial charge in [-0.15, -0.1) is 0 Å². The second kappa shape index (κ2) is 3.84. The summed E-state index contributed by atoms with van der Waals surface area (Å²) in [6.07, 6.45) is 3.84. The summed E-state index contributed by atoms with van der Waals surface area (Å²) >= 11 is 0. The molecule has 0 aliphatic heterocycles. The van der Waals surface area contributed by atoms with E-state index >= 15 is 0 Å². The van der Waals surface area contributed by atoms with Crippen LogP contribution < -0.4 is 0 Å². The lowest BCUT2D eigenvalue weighted by Gasteiger charge is -1.99. The van der Waals surface area contributed by atoms with Crippen LogP contribution in [0.15, 0.2) is 29.7 Å². The minimum atomic E-state index is -3.75. The molecule has 8 heteroatoms. The second-order valence-corrected chi connectivity index (χ2v) is 5.64. The molecule has 0 fully saturated rings. The van der Waals surface area contributed by atoms with E-state index in [2.05, 4.69) is 15.1 Å². The molecule has 2 heterocycles. The maximum Gasteiger partial charge on any atom is 0.264 e. The molecule has 2 rings (SSSR count). The van der Waals surface area contributed by atoms with Crippen LogP contribution in [0.3, 0.4) is 0 Å². The molecule has 0 radical (unpaired) electrons. The number of nitrogens with zero attached hydrogens (tertiary/aromatic N) is 4. The highest BCUT2D eigenvalue weighted by molar-refractivity contribution is 8.13. The van der Waals surface area contributed by atoms with Crippen molar-refractivity contribution in [2.24, 2.45) is 0 Å². The zero-order chi connectivity index (χ0) is 11.8. The van der Waals surface area contributed by atoms with Crippen molar-refractivity contribution in [1.82, 2.24) is 19.7 Å². The predicted molar refractivity (Wildman–Crippen MR) is 56.9 cm³/mol. The Balaban J connectivity index is 2.47. The van der Waals surface area contributed by atoms with Crippen LogP contribution in [0.5, 0.6) is 0 Å². The lowest BCUT2D eigenvalue weighted by atomic mass is 10.4. The van der Waals surface area contributed by atoms with E-state index in [9.17, 15) is 8.42 Å². The van der Waals surface area contributed by atoms with E-state index < -0.39 is 9.05 Å². The topological polar surface area (TPSA) is 77.7 Å². The van der Waals surface area contributed by atoms with Gasteiger partial charge < -0.3 is 0 Å². The van der Waals surface area contributed by atoms with Gasteiger partial charge in [-0.05, 0) is 6.92 Å². The predicted octanol–water partition coefficient (Wildman–Crippen LogP) is 0.898. The average molecular weight is 259 g/mol. The van der Waals surface area contributed by atoms with E-state index in [0.29, 0.717) is 5.82 Å². The Morgan fingerprint density at radius 3 is 2.69 bits per heavy atom. The van der Waals surface area contributed by atoms with Crippen LogP contribution in [0.1, 0.15) is 5.69 Å². The Hall–Kier alpha value is -1.47. The fourth-order valence-electron chi connectivity index (χ4n) is 1.12. The highest BCUT2D eigenvalue weighted by Crippen LogP contribution is 2.14. The molecule has 0 aromatic carbocycles. The number of hydrogen-bond donors (Lipinski definition) is 0. The van der Waals surface area contributed by atoms with Gasteiger partial charge in [-0.3, -0.25) is 0 Å². The number of hydrogen-bond acceptors (Lipinski definition) is 5. The first-order valence-corrected chi connectivity index (χ1v) is 6.56. The van der Waals surface area contributed by atoms with Crippen LogP contribution in [-0.4, -0.2) is 28.2 Å². The van der Waals surface area contributed by atoms with E-state index in [1.807, 2.05) is 0 Å². The van der Waals surface area contributed by atoms with Crippen molar-refractivity contribution in [3.05, 3.63) is 30.5 Å². The van der Waals surface area contributed by atoms with Crippen molar-refractivity contribution >= 4 is 19.7 Å². The molecule has 16 heavy (non-hydrogen) atoms. The summed E-state index contributed by atoms with van der Waals surface area (Å²) in [4.78, 5) is 7.82. The maximum atomic E-state index is 11.0. The summed E-state index contributed by atoms with van der Waals surface area (Å²) in [5.41, 5.74) is 0.760. The van der Waals surface area contributed by atoms with Crippen LogP contribution in [0.2, 0.25) is 0 Å². The normalized spacial score (nSPS) is 11.6. The van der Waals surface area contributed by atoms with Gasteiger partial charge in [0.05, 0.1) is 12.4 Å². The van der Waals surface area contributed by atoms with E-state index in [1.165, 1.54) is 23.4 Å². The summed E-state index contributed by atoms with van der Waals surface area (Å²) in [6.45, 7) is 1.80. The van der Waals surface area contributed by atoms with Crippen molar-refractivity contribution in [2.45, 2.75) is 11.8 Å². The molecule has 0 spiro atoms. The monoisotopic (exact) mass is 258 g/mol. The Kier molecular flexibility index (Phi) is 2.64. The molecule has 0 bridgehead atoms. The first-order valence-electron chi connectivity index (χ1n) is 4.25. The SMILES string of the molecule is Cc1cc(-n2cc(S(=O)(=O)Cl)cn2)ncn1. The van der Waals surface area contributed by atoms with Gasteiger partial charge in [0.25, 0.3) is 9.05 Å². The Bertz CT molecular complexity index is 622. The summed E-state index contributed by atoms with van der Waals surface area (Å²) in [7, 11) is 1.42. The highest BCUT2D eigenvalue weighted by Gasteiger charge is 2.13. The minimum absolute atomic E-state index is 0.0644.